The zero-order valence-electron chi connectivity index (χ0n) is 16.8. The zero-order valence-corrected chi connectivity index (χ0v) is 17.6. The van der Waals surface area contributed by atoms with E-state index in [-0.39, 0.29) is 29.5 Å². The van der Waals surface area contributed by atoms with Gasteiger partial charge in [-0.15, -0.1) is 0 Å². The third kappa shape index (κ3) is 5.94. The Kier molecular flexibility index (Phi) is 7.28. The number of para-hydroxylation sites is 1. The van der Waals surface area contributed by atoms with Gasteiger partial charge in [-0.05, 0) is 36.8 Å². The molecular weight excluding hydrogens is 364 g/mol. The summed E-state index contributed by atoms with van der Waals surface area (Å²) in [6.07, 6.45) is 1.43. The molecular formula is C20H32N2O4S. The third-order valence-corrected chi connectivity index (χ3v) is 6.72. The molecule has 1 aliphatic rings. The van der Waals surface area contributed by atoms with E-state index in [0.717, 1.165) is 17.7 Å². The number of benzene rings is 1. The molecule has 27 heavy (non-hydrogen) atoms. The first-order valence-corrected chi connectivity index (χ1v) is 11.2. The summed E-state index contributed by atoms with van der Waals surface area (Å²) in [5.41, 5.74) is 1.11. The van der Waals surface area contributed by atoms with Crippen LogP contribution in [0.25, 0.3) is 0 Å². The van der Waals surface area contributed by atoms with Crippen molar-refractivity contribution in [2.75, 3.05) is 32.0 Å². The van der Waals surface area contributed by atoms with Crippen molar-refractivity contribution in [1.82, 2.24) is 9.62 Å². The van der Waals surface area contributed by atoms with Gasteiger partial charge in [0, 0.05) is 13.1 Å². The van der Waals surface area contributed by atoms with E-state index in [9.17, 15) is 13.2 Å². The maximum absolute atomic E-state index is 12.4. The maximum Gasteiger partial charge on any atom is 0.224 e. The van der Waals surface area contributed by atoms with Gasteiger partial charge in [-0.25, -0.2) is 12.7 Å². The topological polar surface area (TPSA) is 75.7 Å². The Hall–Kier alpha value is -1.60. The van der Waals surface area contributed by atoms with E-state index in [0.29, 0.717) is 26.1 Å². The van der Waals surface area contributed by atoms with E-state index in [1.807, 2.05) is 18.2 Å². The molecule has 0 aromatic heterocycles. The SMILES string of the molecule is CCS(=O)(=O)N1CCC[C@@H](C(=O)NCCOc2ccccc2C(C)(C)C)C1. The quantitative estimate of drug-likeness (QED) is 0.719. The number of rotatable bonds is 7. The van der Waals surface area contributed by atoms with Crippen LogP contribution in [0.15, 0.2) is 24.3 Å². The smallest absolute Gasteiger partial charge is 0.224 e. The molecule has 0 bridgehead atoms. The Bertz CT molecular complexity index is 741. The monoisotopic (exact) mass is 396 g/mol. The van der Waals surface area contributed by atoms with Crippen molar-refractivity contribution < 1.29 is 17.9 Å². The molecule has 0 aliphatic carbocycles. The van der Waals surface area contributed by atoms with Gasteiger partial charge in [0.05, 0.1) is 18.2 Å². The minimum absolute atomic E-state index is 0.0177. The molecule has 1 atom stereocenters. The van der Waals surface area contributed by atoms with Crippen LogP contribution < -0.4 is 10.1 Å². The van der Waals surface area contributed by atoms with Crippen LogP contribution in [-0.4, -0.2) is 50.6 Å². The van der Waals surface area contributed by atoms with Crippen molar-refractivity contribution in [1.29, 1.82) is 0 Å². The lowest BCUT2D eigenvalue weighted by Gasteiger charge is -2.30. The summed E-state index contributed by atoms with van der Waals surface area (Å²) < 4.78 is 31.4. The normalized spacial score (nSPS) is 18.9. The molecule has 1 saturated heterocycles. The average Bonchev–Trinajstić information content (AvgIpc) is 2.64. The van der Waals surface area contributed by atoms with Gasteiger partial charge in [-0.2, -0.15) is 0 Å². The van der Waals surface area contributed by atoms with E-state index in [1.54, 1.807) is 6.92 Å². The lowest BCUT2D eigenvalue weighted by atomic mass is 9.86. The molecule has 152 valence electrons. The summed E-state index contributed by atoms with van der Waals surface area (Å²) in [5, 5.41) is 2.89. The first-order chi connectivity index (χ1) is 12.6. The number of hydrogen-bond donors (Lipinski definition) is 1. The molecule has 0 spiro atoms. The van der Waals surface area contributed by atoms with Crippen LogP contribution >= 0.6 is 0 Å². The van der Waals surface area contributed by atoms with E-state index in [4.69, 9.17) is 4.74 Å². The number of sulfonamides is 1. The second kappa shape index (κ2) is 9.06. The first kappa shape index (κ1) is 21.7. The number of carbonyl (C=O) groups is 1. The predicted molar refractivity (Wildman–Crippen MR) is 107 cm³/mol. The van der Waals surface area contributed by atoms with Crippen molar-refractivity contribution >= 4 is 15.9 Å². The van der Waals surface area contributed by atoms with Crippen molar-refractivity contribution in [2.45, 2.75) is 46.0 Å². The molecule has 2 rings (SSSR count). The Morgan fingerprint density at radius 2 is 2.00 bits per heavy atom. The van der Waals surface area contributed by atoms with Gasteiger partial charge in [0.1, 0.15) is 12.4 Å². The fourth-order valence-corrected chi connectivity index (χ4v) is 4.46. The van der Waals surface area contributed by atoms with Gasteiger partial charge >= 0.3 is 0 Å². The summed E-state index contributed by atoms with van der Waals surface area (Å²) >= 11 is 0. The van der Waals surface area contributed by atoms with E-state index in [1.165, 1.54) is 4.31 Å². The van der Waals surface area contributed by atoms with E-state index < -0.39 is 10.0 Å². The van der Waals surface area contributed by atoms with Gasteiger partial charge in [-0.3, -0.25) is 4.79 Å². The number of piperidine rings is 1. The van der Waals surface area contributed by atoms with Gasteiger partial charge in [0.2, 0.25) is 15.9 Å². The van der Waals surface area contributed by atoms with Gasteiger partial charge in [0.15, 0.2) is 0 Å². The van der Waals surface area contributed by atoms with Crippen LogP contribution in [0.1, 0.15) is 46.1 Å². The molecule has 1 aromatic carbocycles. The third-order valence-electron chi connectivity index (χ3n) is 4.87. The Labute approximate surface area is 163 Å². The lowest BCUT2D eigenvalue weighted by molar-refractivity contribution is -0.126. The van der Waals surface area contributed by atoms with Crippen LogP contribution in [-0.2, 0) is 20.2 Å². The predicted octanol–water partition coefficient (Wildman–Crippen LogP) is 2.54. The highest BCUT2D eigenvalue weighted by Gasteiger charge is 2.31. The minimum atomic E-state index is -3.24. The molecule has 1 aliphatic heterocycles. The Morgan fingerprint density at radius 1 is 1.30 bits per heavy atom. The van der Waals surface area contributed by atoms with Crippen molar-refractivity contribution in [3.8, 4) is 5.75 Å². The largest absolute Gasteiger partial charge is 0.491 e. The zero-order chi connectivity index (χ0) is 20.1. The summed E-state index contributed by atoms with van der Waals surface area (Å²) in [5.74, 6) is 0.514. The molecule has 1 amide bonds. The van der Waals surface area contributed by atoms with Crippen LogP contribution in [0.4, 0.5) is 0 Å². The molecule has 1 aromatic rings. The molecule has 7 heteroatoms. The lowest BCUT2D eigenvalue weighted by Crippen LogP contribution is -2.46. The summed E-state index contributed by atoms with van der Waals surface area (Å²) in [4.78, 5) is 12.4. The number of ether oxygens (including phenoxy) is 1. The number of hydrogen-bond acceptors (Lipinski definition) is 4. The molecule has 0 unspecified atom stereocenters. The first-order valence-electron chi connectivity index (χ1n) is 9.63. The number of nitrogens with zero attached hydrogens (tertiary/aromatic N) is 1. The van der Waals surface area contributed by atoms with Crippen LogP contribution in [0.5, 0.6) is 5.75 Å². The molecule has 1 heterocycles. The summed E-state index contributed by atoms with van der Waals surface area (Å²) in [6.45, 7) is 9.59. The highest BCUT2D eigenvalue weighted by molar-refractivity contribution is 7.89. The van der Waals surface area contributed by atoms with Gasteiger partial charge in [0.25, 0.3) is 0 Å². The summed E-state index contributed by atoms with van der Waals surface area (Å²) in [7, 11) is -3.24. The summed E-state index contributed by atoms with van der Waals surface area (Å²) in [6, 6.07) is 7.93. The maximum atomic E-state index is 12.4. The van der Waals surface area contributed by atoms with Crippen molar-refractivity contribution in [2.24, 2.45) is 5.92 Å². The van der Waals surface area contributed by atoms with Crippen LogP contribution in [0.3, 0.4) is 0 Å². The van der Waals surface area contributed by atoms with E-state index >= 15 is 0 Å². The van der Waals surface area contributed by atoms with Crippen LogP contribution in [0.2, 0.25) is 0 Å². The number of carbonyl (C=O) groups excluding carboxylic acids is 1. The van der Waals surface area contributed by atoms with Crippen molar-refractivity contribution in [3.63, 3.8) is 0 Å². The van der Waals surface area contributed by atoms with Crippen LogP contribution in [0, 0.1) is 5.92 Å². The molecule has 0 radical (unpaired) electrons. The molecule has 0 saturated carbocycles. The Balaban J connectivity index is 1.83. The fraction of sp³-hybridized carbons (Fsp3) is 0.650. The number of nitrogens with one attached hydrogen (secondary N) is 1. The second-order valence-corrected chi connectivity index (χ2v) is 10.2. The fourth-order valence-electron chi connectivity index (χ4n) is 3.28. The highest BCUT2D eigenvalue weighted by Crippen LogP contribution is 2.30. The molecule has 1 fully saturated rings. The minimum Gasteiger partial charge on any atom is -0.491 e. The Morgan fingerprint density at radius 3 is 2.67 bits per heavy atom. The second-order valence-electron chi connectivity index (χ2n) is 7.98. The van der Waals surface area contributed by atoms with Gasteiger partial charge < -0.3 is 10.1 Å². The number of amides is 1. The highest BCUT2D eigenvalue weighted by atomic mass is 32.2. The molecule has 6 nitrogen and oxygen atoms in total. The van der Waals surface area contributed by atoms with Gasteiger partial charge in [-0.1, -0.05) is 39.0 Å². The standard InChI is InChI=1S/C20H32N2O4S/c1-5-27(24,25)22-13-8-9-16(15-22)19(23)21-12-14-26-18-11-7-6-10-17(18)20(2,3)4/h6-7,10-11,16H,5,8-9,12-15H2,1-4H3,(H,21,23)/t16-/m1/s1. The molecule has 1 N–H and O–H groups in total. The van der Waals surface area contributed by atoms with Crippen molar-refractivity contribution in [3.05, 3.63) is 29.8 Å². The average molecular weight is 397 g/mol. The van der Waals surface area contributed by atoms with E-state index in [2.05, 4.69) is 32.2 Å².